The second kappa shape index (κ2) is 9.59. The third-order valence-corrected chi connectivity index (χ3v) is 4.75. The molecule has 0 fully saturated rings. The van der Waals surface area contributed by atoms with Gasteiger partial charge in [0.25, 0.3) is 11.8 Å². The molecule has 1 amide bonds. The van der Waals surface area contributed by atoms with E-state index in [2.05, 4.69) is 9.97 Å². The summed E-state index contributed by atoms with van der Waals surface area (Å²) >= 11 is 0. The molecule has 0 radical (unpaired) electrons. The molecule has 2 aromatic heterocycles. The van der Waals surface area contributed by atoms with Gasteiger partial charge in [-0.3, -0.25) is 4.79 Å². The maximum Gasteiger partial charge on any atom is 0.354 e. The highest BCUT2D eigenvalue weighted by molar-refractivity contribution is 5.91. The predicted molar refractivity (Wildman–Crippen MR) is 110 cm³/mol. The van der Waals surface area contributed by atoms with Crippen LogP contribution in [0.1, 0.15) is 49.8 Å². The number of alkyl halides is 2. The van der Waals surface area contributed by atoms with Gasteiger partial charge in [-0.1, -0.05) is 40.9 Å². The number of carboxylic acid groups (broad SMARTS) is 1. The number of hydrogen-bond acceptors (Lipinski definition) is 4. The third-order valence-electron chi connectivity index (χ3n) is 4.75. The summed E-state index contributed by atoms with van der Waals surface area (Å²) in [6.45, 7) is 1.12. The second-order valence-electron chi connectivity index (χ2n) is 7.25. The summed E-state index contributed by atoms with van der Waals surface area (Å²) in [4.78, 5) is 30.9. The van der Waals surface area contributed by atoms with Crippen molar-refractivity contribution in [3.63, 3.8) is 0 Å². The molecule has 166 valence electrons. The molecule has 32 heavy (non-hydrogen) atoms. The van der Waals surface area contributed by atoms with Crippen molar-refractivity contribution in [3.8, 4) is 0 Å². The largest absolute Gasteiger partial charge is 0.477 e. The summed E-state index contributed by atoms with van der Waals surface area (Å²) in [5, 5.41) is 8.80. The lowest BCUT2D eigenvalue weighted by atomic mass is 10.00. The smallest absolute Gasteiger partial charge is 0.354 e. The van der Waals surface area contributed by atoms with Gasteiger partial charge in [0.15, 0.2) is 0 Å². The van der Waals surface area contributed by atoms with Gasteiger partial charge in [-0.15, -0.1) is 0 Å². The number of carbonyl (C=O) groups excluding carboxylic acids is 1. The summed E-state index contributed by atoms with van der Waals surface area (Å²) in [7, 11) is 0. The van der Waals surface area contributed by atoms with Gasteiger partial charge in [0.2, 0.25) is 0 Å². The molecule has 1 aromatic carbocycles. The van der Waals surface area contributed by atoms with Crippen molar-refractivity contribution in [3.05, 3.63) is 94.6 Å². The molecule has 0 bridgehead atoms. The Bertz CT molecular complexity index is 1110. The molecule has 6 nitrogen and oxygen atoms in total. The molecule has 0 aliphatic heterocycles. The summed E-state index contributed by atoms with van der Waals surface area (Å²) in [6.07, 6.45) is 0.548. The second-order valence-corrected chi connectivity index (χ2v) is 7.25. The standard InChI is InChI=1S/C23H20F3N3O3/c1-15-11-18(23(24,25)10-9-16-7-8-19(22(31)32)27-13-16)12-20(28-15)21(30)29(26)14-17-5-3-2-4-6-17/h2-8,11-13H,9-10,14H2,1H3,(H,31,32). The highest BCUT2D eigenvalue weighted by atomic mass is 19.3. The van der Waals surface area contributed by atoms with E-state index >= 15 is 0 Å². The number of pyridine rings is 2. The molecule has 0 saturated heterocycles. The maximum absolute atomic E-state index is 14.9. The van der Waals surface area contributed by atoms with Gasteiger partial charge < -0.3 is 5.11 Å². The molecule has 0 aliphatic rings. The van der Waals surface area contributed by atoms with Crippen molar-refractivity contribution in [1.29, 1.82) is 0 Å². The maximum atomic E-state index is 14.9. The molecule has 1 N–H and O–H groups in total. The van der Waals surface area contributed by atoms with Crippen LogP contribution in [-0.4, -0.2) is 32.1 Å². The molecular weight excluding hydrogens is 423 g/mol. The highest BCUT2D eigenvalue weighted by Crippen LogP contribution is 2.34. The van der Waals surface area contributed by atoms with E-state index in [9.17, 15) is 22.9 Å². The molecule has 0 saturated carbocycles. The average molecular weight is 443 g/mol. The summed E-state index contributed by atoms with van der Waals surface area (Å²) in [6, 6.07) is 13.1. The number of rotatable bonds is 8. The van der Waals surface area contributed by atoms with E-state index in [1.165, 1.54) is 25.3 Å². The Balaban J connectivity index is 1.74. The van der Waals surface area contributed by atoms with Gasteiger partial charge in [0.05, 0.1) is 6.54 Å². The van der Waals surface area contributed by atoms with E-state index < -0.39 is 35.5 Å². The van der Waals surface area contributed by atoms with Gasteiger partial charge in [-0.2, -0.15) is 5.12 Å². The van der Waals surface area contributed by atoms with E-state index in [1.54, 1.807) is 30.3 Å². The number of amides is 1. The number of halogens is 3. The molecule has 3 aromatic rings. The molecular formula is C23H20F3N3O3. The molecule has 2 heterocycles. The van der Waals surface area contributed by atoms with E-state index in [0.717, 1.165) is 12.1 Å². The van der Waals surface area contributed by atoms with Crippen LogP contribution in [0.25, 0.3) is 0 Å². The van der Waals surface area contributed by atoms with Crippen LogP contribution in [0.3, 0.4) is 0 Å². The van der Waals surface area contributed by atoms with E-state index in [4.69, 9.17) is 5.11 Å². The van der Waals surface area contributed by atoms with Crippen molar-refractivity contribution in [1.82, 2.24) is 15.1 Å². The van der Waals surface area contributed by atoms with Gasteiger partial charge in [-0.25, -0.2) is 23.5 Å². The Morgan fingerprint density at radius 1 is 1.03 bits per heavy atom. The Morgan fingerprint density at radius 3 is 2.38 bits per heavy atom. The molecule has 3 rings (SSSR count). The highest BCUT2D eigenvalue weighted by Gasteiger charge is 2.33. The lowest BCUT2D eigenvalue weighted by molar-refractivity contribution is -0.0134. The van der Waals surface area contributed by atoms with Crippen molar-refractivity contribution >= 4 is 11.9 Å². The van der Waals surface area contributed by atoms with Crippen LogP contribution in [0.2, 0.25) is 0 Å². The molecule has 0 atom stereocenters. The van der Waals surface area contributed by atoms with E-state index in [0.29, 0.717) is 11.1 Å². The number of aromatic carboxylic acids is 1. The zero-order chi connectivity index (χ0) is 23.3. The van der Waals surface area contributed by atoms with Gasteiger partial charge in [0.1, 0.15) is 11.4 Å². The Kier molecular flexibility index (Phi) is 6.87. The monoisotopic (exact) mass is 443 g/mol. The normalized spacial score (nSPS) is 11.2. The van der Waals surface area contributed by atoms with Gasteiger partial charge in [0, 0.05) is 23.9 Å². The first kappa shape index (κ1) is 22.9. The molecule has 0 aliphatic carbocycles. The Morgan fingerprint density at radius 2 is 1.75 bits per heavy atom. The first-order chi connectivity index (χ1) is 15.2. The predicted octanol–water partition coefficient (Wildman–Crippen LogP) is 4.73. The van der Waals surface area contributed by atoms with Crippen LogP contribution < -0.4 is 0 Å². The zero-order valence-electron chi connectivity index (χ0n) is 17.1. The molecule has 0 spiro atoms. The lowest BCUT2D eigenvalue weighted by Crippen LogP contribution is -2.25. The first-order valence-corrected chi connectivity index (χ1v) is 9.72. The Hall–Kier alpha value is -3.75. The van der Waals surface area contributed by atoms with Crippen molar-refractivity contribution in [2.75, 3.05) is 0 Å². The third kappa shape index (κ3) is 5.69. The van der Waals surface area contributed by atoms with Crippen LogP contribution >= 0.6 is 0 Å². The number of benzene rings is 1. The summed E-state index contributed by atoms with van der Waals surface area (Å²) in [5.74, 6) is -5.64. The SMILES string of the molecule is Cc1cc(C(F)(F)CCc2ccc(C(=O)O)nc2)cc(C(=O)N(F)Cc2ccccc2)n1. The topological polar surface area (TPSA) is 83.4 Å². The summed E-state index contributed by atoms with van der Waals surface area (Å²) in [5.41, 5.74) is 0.103. The van der Waals surface area contributed by atoms with Crippen molar-refractivity contribution in [2.24, 2.45) is 0 Å². The number of aryl methyl sites for hydroxylation is 2. The van der Waals surface area contributed by atoms with Crippen molar-refractivity contribution < 1.29 is 28.0 Å². The van der Waals surface area contributed by atoms with Crippen LogP contribution in [0.5, 0.6) is 0 Å². The minimum Gasteiger partial charge on any atom is -0.477 e. The molecule has 0 unspecified atom stereocenters. The molecule has 9 heteroatoms. The number of aromatic nitrogens is 2. The van der Waals surface area contributed by atoms with Crippen LogP contribution in [0, 0.1) is 6.92 Å². The Labute approximate surface area is 182 Å². The van der Waals surface area contributed by atoms with E-state index in [-0.39, 0.29) is 29.5 Å². The quantitative estimate of drug-likeness (QED) is 0.509. The number of carboxylic acids is 1. The number of nitrogens with zero attached hydrogens (tertiary/aromatic N) is 3. The minimum atomic E-state index is -3.32. The number of carbonyl (C=O) groups is 2. The fraction of sp³-hybridized carbons (Fsp3) is 0.217. The fourth-order valence-electron chi connectivity index (χ4n) is 3.07. The fourth-order valence-corrected chi connectivity index (χ4v) is 3.07. The summed E-state index contributed by atoms with van der Waals surface area (Å²) < 4.78 is 44.1. The van der Waals surface area contributed by atoms with Crippen molar-refractivity contribution in [2.45, 2.75) is 32.2 Å². The number of hydrogen-bond donors (Lipinski definition) is 1. The van der Waals surface area contributed by atoms with Crippen LogP contribution in [0.4, 0.5) is 13.3 Å². The van der Waals surface area contributed by atoms with Gasteiger partial charge >= 0.3 is 5.97 Å². The lowest BCUT2D eigenvalue weighted by Gasteiger charge is -2.19. The van der Waals surface area contributed by atoms with Crippen LogP contribution in [-0.2, 0) is 18.9 Å². The average Bonchev–Trinajstić information content (AvgIpc) is 2.77. The van der Waals surface area contributed by atoms with Gasteiger partial charge in [-0.05, 0) is 42.7 Å². The minimum absolute atomic E-state index is 0.0608. The first-order valence-electron chi connectivity index (χ1n) is 9.72. The zero-order valence-corrected chi connectivity index (χ0v) is 17.1. The van der Waals surface area contributed by atoms with Crippen LogP contribution in [0.15, 0.2) is 60.8 Å². The van der Waals surface area contributed by atoms with E-state index in [1.807, 2.05) is 0 Å².